The second-order valence-electron chi connectivity index (χ2n) is 4.26. The van der Waals surface area contributed by atoms with Crippen LogP contribution in [0.15, 0.2) is 18.2 Å². The summed E-state index contributed by atoms with van der Waals surface area (Å²) in [6.45, 7) is 5.58. The molecule has 0 aliphatic heterocycles. The first-order chi connectivity index (χ1) is 7.95. The van der Waals surface area contributed by atoms with Crippen LogP contribution in [-0.2, 0) is 0 Å². The third kappa shape index (κ3) is 3.87. The summed E-state index contributed by atoms with van der Waals surface area (Å²) >= 11 is 5.98. The van der Waals surface area contributed by atoms with Crippen molar-refractivity contribution in [3.8, 4) is 5.75 Å². The van der Waals surface area contributed by atoms with Gasteiger partial charge in [-0.15, -0.1) is 0 Å². The Kier molecular flexibility index (Phi) is 5.25. The topological polar surface area (TPSA) is 41.5 Å². The Bertz CT molecular complexity index is 368. The van der Waals surface area contributed by atoms with Crippen LogP contribution in [0, 0.1) is 0 Å². The van der Waals surface area contributed by atoms with Gasteiger partial charge in [0.1, 0.15) is 11.9 Å². The molecular weight excluding hydrogens is 238 g/mol. The van der Waals surface area contributed by atoms with E-state index in [0.29, 0.717) is 5.02 Å². The van der Waals surface area contributed by atoms with Gasteiger partial charge in [0.2, 0.25) is 0 Å². The van der Waals surface area contributed by atoms with Gasteiger partial charge in [-0.2, -0.15) is 0 Å². The Morgan fingerprint density at radius 1 is 1.29 bits per heavy atom. The Hall–Kier alpha value is -0.770. The van der Waals surface area contributed by atoms with Gasteiger partial charge in [0.25, 0.3) is 0 Å². The van der Waals surface area contributed by atoms with E-state index in [4.69, 9.17) is 16.3 Å². The standard InChI is InChI=1S/C13H20ClNO2/c1-8(15-4)12-7-11(14)5-6-13(12)17-10(3)9(2)16/h5-10,15-16H,1-4H3. The van der Waals surface area contributed by atoms with Gasteiger partial charge in [0.15, 0.2) is 0 Å². The summed E-state index contributed by atoms with van der Waals surface area (Å²) < 4.78 is 5.74. The van der Waals surface area contributed by atoms with Crippen molar-refractivity contribution in [1.82, 2.24) is 5.32 Å². The van der Waals surface area contributed by atoms with Gasteiger partial charge >= 0.3 is 0 Å². The first-order valence-corrected chi connectivity index (χ1v) is 6.15. The second-order valence-corrected chi connectivity index (χ2v) is 4.69. The third-order valence-electron chi connectivity index (χ3n) is 2.86. The summed E-state index contributed by atoms with van der Waals surface area (Å²) in [6, 6.07) is 5.65. The van der Waals surface area contributed by atoms with E-state index in [1.54, 1.807) is 13.0 Å². The number of aliphatic hydroxyl groups is 1. The SMILES string of the molecule is CNC(C)c1cc(Cl)ccc1OC(C)C(C)O. The molecule has 0 spiro atoms. The van der Waals surface area contributed by atoms with E-state index < -0.39 is 6.10 Å². The van der Waals surface area contributed by atoms with Gasteiger partial charge in [-0.3, -0.25) is 0 Å². The van der Waals surface area contributed by atoms with Crippen molar-refractivity contribution in [1.29, 1.82) is 0 Å². The van der Waals surface area contributed by atoms with Crippen molar-refractivity contribution < 1.29 is 9.84 Å². The number of hydrogen-bond donors (Lipinski definition) is 2. The van der Waals surface area contributed by atoms with Crippen molar-refractivity contribution in [3.05, 3.63) is 28.8 Å². The summed E-state index contributed by atoms with van der Waals surface area (Å²) in [5, 5.41) is 13.3. The zero-order chi connectivity index (χ0) is 13.0. The highest BCUT2D eigenvalue weighted by Gasteiger charge is 2.15. The maximum atomic E-state index is 9.46. The molecule has 0 aliphatic rings. The Labute approximate surface area is 108 Å². The van der Waals surface area contributed by atoms with E-state index in [9.17, 15) is 5.11 Å². The quantitative estimate of drug-likeness (QED) is 0.852. The molecule has 0 fully saturated rings. The third-order valence-corrected chi connectivity index (χ3v) is 3.10. The maximum Gasteiger partial charge on any atom is 0.124 e. The molecule has 0 amide bonds. The molecule has 0 saturated heterocycles. The summed E-state index contributed by atoms with van der Waals surface area (Å²) in [5.41, 5.74) is 0.993. The predicted molar refractivity (Wildman–Crippen MR) is 70.7 cm³/mol. The fraction of sp³-hybridized carbons (Fsp3) is 0.538. The first-order valence-electron chi connectivity index (χ1n) is 5.77. The van der Waals surface area contributed by atoms with Crippen LogP contribution in [0.1, 0.15) is 32.4 Å². The average Bonchev–Trinajstić information content (AvgIpc) is 2.30. The molecule has 3 unspecified atom stereocenters. The van der Waals surface area contributed by atoms with Gasteiger partial charge < -0.3 is 15.2 Å². The van der Waals surface area contributed by atoms with Crippen molar-refractivity contribution in [2.75, 3.05) is 7.05 Å². The molecule has 0 radical (unpaired) electrons. The number of ether oxygens (including phenoxy) is 1. The highest BCUT2D eigenvalue weighted by Crippen LogP contribution is 2.29. The normalized spacial score (nSPS) is 16.4. The molecule has 0 bridgehead atoms. The van der Waals surface area contributed by atoms with Gasteiger partial charge in [-0.25, -0.2) is 0 Å². The number of rotatable bonds is 5. The minimum Gasteiger partial charge on any atom is -0.488 e. The van der Waals surface area contributed by atoms with Crippen LogP contribution < -0.4 is 10.1 Å². The van der Waals surface area contributed by atoms with Crippen LogP contribution in [0.5, 0.6) is 5.75 Å². The molecule has 3 nitrogen and oxygen atoms in total. The smallest absolute Gasteiger partial charge is 0.124 e. The largest absolute Gasteiger partial charge is 0.488 e. The maximum absolute atomic E-state index is 9.46. The van der Waals surface area contributed by atoms with Gasteiger partial charge in [-0.05, 0) is 46.0 Å². The molecule has 0 aromatic heterocycles. The average molecular weight is 258 g/mol. The molecule has 0 aliphatic carbocycles. The van der Waals surface area contributed by atoms with Gasteiger partial charge in [0.05, 0.1) is 6.10 Å². The van der Waals surface area contributed by atoms with Crippen LogP contribution in [-0.4, -0.2) is 24.4 Å². The van der Waals surface area contributed by atoms with Crippen LogP contribution in [0.2, 0.25) is 5.02 Å². The van der Waals surface area contributed by atoms with Crippen molar-refractivity contribution in [3.63, 3.8) is 0 Å². The minimum absolute atomic E-state index is 0.143. The molecule has 0 heterocycles. The fourth-order valence-electron chi connectivity index (χ4n) is 1.42. The highest BCUT2D eigenvalue weighted by molar-refractivity contribution is 6.30. The number of benzene rings is 1. The van der Waals surface area contributed by atoms with Crippen molar-refractivity contribution in [2.24, 2.45) is 0 Å². The first kappa shape index (κ1) is 14.3. The summed E-state index contributed by atoms with van der Waals surface area (Å²) in [4.78, 5) is 0. The predicted octanol–water partition coefficient (Wildman–Crippen LogP) is 2.77. The lowest BCUT2D eigenvalue weighted by atomic mass is 10.1. The van der Waals surface area contributed by atoms with E-state index in [2.05, 4.69) is 5.32 Å². The lowest BCUT2D eigenvalue weighted by molar-refractivity contribution is 0.0595. The molecule has 1 aromatic carbocycles. The van der Waals surface area contributed by atoms with E-state index in [-0.39, 0.29) is 12.1 Å². The summed E-state index contributed by atoms with van der Waals surface area (Å²) in [6.07, 6.45) is -0.762. The molecule has 96 valence electrons. The lowest BCUT2D eigenvalue weighted by Crippen LogP contribution is -2.26. The molecular formula is C13H20ClNO2. The monoisotopic (exact) mass is 257 g/mol. The molecule has 2 N–H and O–H groups in total. The zero-order valence-corrected chi connectivity index (χ0v) is 11.5. The van der Waals surface area contributed by atoms with E-state index in [1.807, 2.05) is 33.0 Å². The molecule has 17 heavy (non-hydrogen) atoms. The molecule has 4 heteroatoms. The van der Waals surface area contributed by atoms with E-state index >= 15 is 0 Å². The zero-order valence-electron chi connectivity index (χ0n) is 10.7. The van der Waals surface area contributed by atoms with Crippen LogP contribution in [0.4, 0.5) is 0 Å². The Morgan fingerprint density at radius 2 is 1.94 bits per heavy atom. The number of hydrogen-bond acceptors (Lipinski definition) is 3. The van der Waals surface area contributed by atoms with Gasteiger partial charge in [-0.1, -0.05) is 11.6 Å². The minimum atomic E-state index is -0.511. The van der Waals surface area contributed by atoms with Crippen molar-refractivity contribution >= 4 is 11.6 Å². The number of nitrogens with one attached hydrogen (secondary N) is 1. The molecule has 1 aromatic rings. The van der Waals surface area contributed by atoms with Crippen LogP contribution in [0.25, 0.3) is 0 Å². The molecule has 0 saturated carbocycles. The summed E-state index contributed by atoms with van der Waals surface area (Å²) in [7, 11) is 1.88. The van der Waals surface area contributed by atoms with Crippen LogP contribution >= 0.6 is 11.6 Å². The van der Waals surface area contributed by atoms with E-state index in [0.717, 1.165) is 11.3 Å². The second kappa shape index (κ2) is 6.24. The van der Waals surface area contributed by atoms with E-state index in [1.165, 1.54) is 0 Å². The van der Waals surface area contributed by atoms with Crippen molar-refractivity contribution in [2.45, 2.75) is 39.0 Å². The number of aliphatic hydroxyl groups excluding tert-OH is 1. The Balaban J connectivity index is 2.98. The fourth-order valence-corrected chi connectivity index (χ4v) is 1.60. The molecule has 1 rings (SSSR count). The van der Waals surface area contributed by atoms with Gasteiger partial charge in [0, 0.05) is 16.6 Å². The number of halogens is 1. The highest BCUT2D eigenvalue weighted by atomic mass is 35.5. The van der Waals surface area contributed by atoms with Crippen LogP contribution in [0.3, 0.4) is 0 Å². The summed E-state index contributed by atoms with van der Waals surface area (Å²) in [5.74, 6) is 0.754. The molecule has 3 atom stereocenters. The Morgan fingerprint density at radius 3 is 2.47 bits per heavy atom. The lowest BCUT2D eigenvalue weighted by Gasteiger charge is -2.22.